The summed E-state index contributed by atoms with van der Waals surface area (Å²) in [5.74, 6) is -1.30. The molecule has 0 aliphatic carbocycles. The van der Waals surface area contributed by atoms with E-state index in [2.05, 4.69) is 4.98 Å². The number of hydrogen-bond donors (Lipinski definition) is 2. The van der Waals surface area contributed by atoms with Gasteiger partial charge in [0.1, 0.15) is 11.6 Å². The summed E-state index contributed by atoms with van der Waals surface area (Å²) >= 11 is 0. The van der Waals surface area contributed by atoms with Gasteiger partial charge in [-0.3, -0.25) is 9.13 Å². The number of nitrogens with zero attached hydrogens (tertiary/aromatic N) is 4. The number of pyridine rings is 1. The molecule has 3 aromatic rings. The molecule has 10 heteroatoms. The van der Waals surface area contributed by atoms with Crippen LogP contribution >= 0.6 is 0 Å². The predicted octanol–water partition coefficient (Wildman–Crippen LogP) is 3.27. The van der Waals surface area contributed by atoms with Crippen molar-refractivity contribution in [1.29, 1.82) is 0 Å². The van der Waals surface area contributed by atoms with Crippen molar-refractivity contribution in [1.82, 2.24) is 19.0 Å². The summed E-state index contributed by atoms with van der Waals surface area (Å²) in [5.41, 5.74) is 12.6. The second-order valence-electron chi connectivity index (χ2n) is 8.45. The van der Waals surface area contributed by atoms with Gasteiger partial charge in [-0.15, -0.1) is 0 Å². The Kier molecular flexibility index (Phi) is 7.06. The van der Waals surface area contributed by atoms with Crippen LogP contribution in [0.25, 0.3) is 22.4 Å². The lowest BCUT2D eigenvalue weighted by Gasteiger charge is -2.16. The van der Waals surface area contributed by atoms with E-state index in [0.717, 1.165) is 19.0 Å². The summed E-state index contributed by atoms with van der Waals surface area (Å²) in [7, 11) is 5.44. The fourth-order valence-electron chi connectivity index (χ4n) is 3.65. The van der Waals surface area contributed by atoms with Crippen molar-refractivity contribution < 1.29 is 13.5 Å². The standard InChI is InChI=1S/C23H30F2N6O2/c1-13(2)31-20(22(27)30(5)23(31)32)16-11-15(17(24)12-18(16)26)14-7-8-19(28-21(14)25)33-10-6-9-29(3)4/h7-8,11-13H,6,9-10,26-27H2,1-5H3. The molecule has 178 valence electrons. The third-order valence-corrected chi connectivity index (χ3v) is 5.36. The van der Waals surface area contributed by atoms with Gasteiger partial charge in [-0.25, -0.2) is 9.18 Å². The topological polar surface area (TPSA) is 104 Å². The van der Waals surface area contributed by atoms with Gasteiger partial charge >= 0.3 is 5.69 Å². The molecule has 33 heavy (non-hydrogen) atoms. The Balaban J connectivity index is 2.03. The van der Waals surface area contributed by atoms with Crippen LogP contribution in [0, 0.1) is 11.8 Å². The van der Waals surface area contributed by atoms with Crippen LogP contribution in [-0.4, -0.2) is 46.3 Å². The highest BCUT2D eigenvalue weighted by Crippen LogP contribution is 2.37. The first-order valence-electron chi connectivity index (χ1n) is 10.6. The van der Waals surface area contributed by atoms with E-state index in [9.17, 15) is 13.6 Å². The lowest BCUT2D eigenvalue weighted by molar-refractivity contribution is 0.270. The molecule has 4 N–H and O–H groups in total. The Morgan fingerprint density at radius 1 is 1.12 bits per heavy atom. The summed E-state index contributed by atoms with van der Waals surface area (Å²) < 4.78 is 38.0. The summed E-state index contributed by atoms with van der Waals surface area (Å²) in [6.45, 7) is 4.85. The molecule has 0 atom stereocenters. The number of nitrogen functional groups attached to an aromatic ring is 2. The second-order valence-corrected chi connectivity index (χ2v) is 8.45. The molecule has 0 radical (unpaired) electrons. The van der Waals surface area contributed by atoms with Gasteiger partial charge < -0.3 is 21.1 Å². The summed E-state index contributed by atoms with van der Waals surface area (Å²) in [6, 6.07) is 5.16. The molecule has 8 nitrogen and oxygen atoms in total. The third-order valence-electron chi connectivity index (χ3n) is 5.36. The second kappa shape index (κ2) is 9.62. The van der Waals surface area contributed by atoms with Gasteiger partial charge in [0.25, 0.3) is 0 Å². The van der Waals surface area contributed by atoms with Crippen LogP contribution in [0.1, 0.15) is 26.3 Å². The fourth-order valence-corrected chi connectivity index (χ4v) is 3.65. The number of hydrogen-bond acceptors (Lipinski definition) is 6. The van der Waals surface area contributed by atoms with E-state index in [4.69, 9.17) is 16.2 Å². The van der Waals surface area contributed by atoms with E-state index in [1.165, 1.54) is 27.3 Å². The first-order valence-corrected chi connectivity index (χ1v) is 10.6. The quantitative estimate of drug-likeness (QED) is 0.304. The van der Waals surface area contributed by atoms with E-state index in [1.807, 2.05) is 32.8 Å². The van der Waals surface area contributed by atoms with E-state index in [1.54, 1.807) is 7.05 Å². The van der Waals surface area contributed by atoms with E-state index in [0.29, 0.717) is 17.9 Å². The molecule has 0 fully saturated rings. The minimum absolute atomic E-state index is 0.0469. The summed E-state index contributed by atoms with van der Waals surface area (Å²) in [5, 5.41) is 0. The zero-order chi connectivity index (χ0) is 24.4. The molecule has 0 saturated carbocycles. The average molecular weight is 461 g/mol. The number of benzene rings is 1. The molecule has 1 aromatic carbocycles. The monoisotopic (exact) mass is 460 g/mol. The van der Waals surface area contributed by atoms with Crippen LogP contribution in [0.5, 0.6) is 5.88 Å². The number of anilines is 2. The van der Waals surface area contributed by atoms with Crippen molar-refractivity contribution >= 4 is 11.5 Å². The van der Waals surface area contributed by atoms with Crippen molar-refractivity contribution in [2.75, 3.05) is 38.7 Å². The number of rotatable bonds is 8. The Hall–Kier alpha value is -3.40. The number of halogens is 2. The van der Waals surface area contributed by atoms with Gasteiger partial charge in [-0.05, 0) is 52.6 Å². The summed E-state index contributed by atoms with van der Waals surface area (Å²) in [6.07, 6.45) is 0.754. The van der Waals surface area contributed by atoms with Crippen molar-refractivity contribution in [2.24, 2.45) is 7.05 Å². The van der Waals surface area contributed by atoms with Crippen molar-refractivity contribution in [3.8, 4) is 28.3 Å². The molecule has 0 aliphatic rings. The highest BCUT2D eigenvalue weighted by Gasteiger charge is 2.23. The smallest absolute Gasteiger partial charge is 0.330 e. The van der Waals surface area contributed by atoms with E-state index in [-0.39, 0.29) is 40.2 Å². The van der Waals surface area contributed by atoms with E-state index < -0.39 is 11.8 Å². The number of imidazole rings is 1. The zero-order valence-electron chi connectivity index (χ0n) is 19.5. The van der Waals surface area contributed by atoms with Crippen molar-refractivity contribution in [3.63, 3.8) is 0 Å². The minimum Gasteiger partial charge on any atom is -0.478 e. The molecular formula is C23H30F2N6O2. The molecule has 0 saturated heterocycles. The molecule has 2 aromatic heterocycles. The summed E-state index contributed by atoms with van der Waals surface area (Å²) in [4.78, 5) is 18.5. The Labute approximate surface area is 191 Å². The van der Waals surface area contributed by atoms with Crippen LogP contribution in [-0.2, 0) is 7.05 Å². The average Bonchev–Trinajstić information content (AvgIpc) is 2.96. The number of aromatic nitrogens is 3. The highest BCUT2D eigenvalue weighted by atomic mass is 19.1. The van der Waals surface area contributed by atoms with Crippen LogP contribution in [0.3, 0.4) is 0 Å². The molecule has 3 rings (SSSR count). The minimum atomic E-state index is -0.878. The number of ether oxygens (including phenoxy) is 1. The third kappa shape index (κ3) is 4.85. The molecule has 0 bridgehead atoms. The zero-order valence-corrected chi connectivity index (χ0v) is 19.5. The van der Waals surface area contributed by atoms with Gasteiger partial charge in [0.05, 0.1) is 12.3 Å². The van der Waals surface area contributed by atoms with Crippen LogP contribution in [0.2, 0.25) is 0 Å². The first kappa shape index (κ1) is 24.2. The maximum atomic E-state index is 14.9. The van der Waals surface area contributed by atoms with Gasteiger partial charge in [0, 0.05) is 48.1 Å². The molecular weight excluding hydrogens is 430 g/mol. The van der Waals surface area contributed by atoms with Crippen molar-refractivity contribution in [3.05, 3.63) is 46.5 Å². The van der Waals surface area contributed by atoms with Crippen LogP contribution < -0.4 is 21.9 Å². The van der Waals surface area contributed by atoms with Gasteiger partial charge in [-0.1, -0.05) is 0 Å². The number of nitrogens with two attached hydrogens (primary N) is 2. The molecule has 0 unspecified atom stereocenters. The lowest BCUT2D eigenvalue weighted by Crippen LogP contribution is -2.24. The predicted molar refractivity (Wildman–Crippen MR) is 126 cm³/mol. The SMILES string of the molecule is CC(C)n1c(-c2cc(-c3ccc(OCCCN(C)C)nc3F)c(F)cc2N)c(N)n(C)c1=O. The first-order chi connectivity index (χ1) is 15.5. The van der Waals surface area contributed by atoms with Crippen LogP contribution in [0.15, 0.2) is 29.1 Å². The molecule has 0 aliphatic heterocycles. The largest absolute Gasteiger partial charge is 0.478 e. The maximum absolute atomic E-state index is 14.9. The van der Waals surface area contributed by atoms with Gasteiger partial charge in [0.15, 0.2) is 0 Å². The highest BCUT2D eigenvalue weighted by molar-refractivity contribution is 5.85. The Bertz CT molecular complexity index is 1220. The van der Waals surface area contributed by atoms with Crippen molar-refractivity contribution in [2.45, 2.75) is 26.3 Å². The van der Waals surface area contributed by atoms with Crippen LogP contribution in [0.4, 0.5) is 20.3 Å². The molecule has 0 spiro atoms. The molecule has 0 amide bonds. The normalized spacial score (nSPS) is 11.5. The lowest BCUT2D eigenvalue weighted by atomic mass is 10.00. The van der Waals surface area contributed by atoms with Gasteiger partial charge in [-0.2, -0.15) is 9.37 Å². The van der Waals surface area contributed by atoms with E-state index >= 15 is 0 Å². The van der Waals surface area contributed by atoms with Gasteiger partial charge in [0.2, 0.25) is 11.8 Å². The Morgan fingerprint density at radius 2 is 1.82 bits per heavy atom. The molecule has 2 heterocycles. The maximum Gasteiger partial charge on any atom is 0.330 e. The fraction of sp³-hybridized carbons (Fsp3) is 0.391. The Morgan fingerprint density at radius 3 is 2.42 bits per heavy atom.